The number of nitrogens with zero attached hydrogens (tertiary/aromatic N) is 2. The average Bonchev–Trinajstić information content (AvgIpc) is 2.88. The monoisotopic (exact) mass is 332 g/mol. The molecule has 0 radical (unpaired) electrons. The fourth-order valence-corrected chi connectivity index (χ4v) is 2.12. The van der Waals surface area contributed by atoms with Gasteiger partial charge in [-0.05, 0) is 36.4 Å². The molecule has 1 N–H and O–H groups in total. The van der Waals surface area contributed by atoms with Gasteiger partial charge in [0.15, 0.2) is 5.69 Å². The van der Waals surface area contributed by atoms with Crippen molar-refractivity contribution in [3.05, 3.63) is 64.3 Å². The van der Waals surface area contributed by atoms with Crippen LogP contribution in [0.25, 0.3) is 11.5 Å². The van der Waals surface area contributed by atoms with Crippen LogP contribution in [0.1, 0.15) is 5.69 Å². The summed E-state index contributed by atoms with van der Waals surface area (Å²) in [6.45, 7) is 0. The van der Waals surface area contributed by atoms with Gasteiger partial charge in [-0.2, -0.15) is 0 Å². The molecule has 1 aromatic heterocycles. The van der Waals surface area contributed by atoms with Crippen molar-refractivity contribution in [2.75, 3.05) is 0 Å². The number of rotatable bonds is 3. The van der Waals surface area contributed by atoms with Crippen molar-refractivity contribution in [1.29, 1.82) is 0 Å². The molecule has 0 atom stereocenters. The van der Waals surface area contributed by atoms with Crippen molar-refractivity contribution in [1.82, 2.24) is 4.98 Å². The summed E-state index contributed by atoms with van der Waals surface area (Å²) in [7, 11) is 0. The predicted molar refractivity (Wildman–Crippen MR) is 87.3 cm³/mol. The summed E-state index contributed by atoms with van der Waals surface area (Å²) in [5.41, 5.74) is 1.52. The molecule has 1 heterocycles. The zero-order valence-electron chi connectivity index (χ0n) is 11.2. The Kier molecular flexibility index (Phi) is 4.13. The number of hydrogen-bond acceptors (Lipinski definition) is 4. The molecule has 3 rings (SSSR count). The largest absolute Gasteiger partial charge is 0.479 e. The molecular formula is C16H10Cl2N2O2. The molecule has 6 heteroatoms. The van der Waals surface area contributed by atoms with E-state index in [-0.39, 0.29) is 17.5 Å². The minimum absolute atomic E-state index is 0.227. The maximum Gasteiger partial charge on any atom is 0.312 e. The lowest BCUT2D eigenvalue weighted by atomic mass is 10.2. The molecule has 22 heavy (non-hydrogen) atoms. The highest BCUT2D eigenvalue weighted by atomic mass is 35.5. The van der Waals surface area contributed by atoms with Crippen molar-refractivity contribution in [3.8, 4) is 17.4 Å². The summed E-state index contributed by atoms with van der Waals surface area (Å²) >= 11 is 11.8. The lowest BCUT2D eigenvalue weighted by molar-refractivity contribution is 0.337. The first kappa shape index (κ1) is 14.6. The van der Waals surface area contributed by atoms with Crippen molar-refractivity contribution < 1.29 is 9.52 Å². The Morgan fingerprint density at radius 3 is 2.50 bits per heavy atom. The normalized spacial score (nSPS) is 11.2. The van der Waals surface area contributed by atoms with E-state index in [0.29, 0.717) is 21.3 Å². The second kappa shape index (κ2) is 6.22. The number of para-hydroxylation sites is 1. The van der Waals surface area contributed by atoms with Crippen LogP contribution in [0.2, 0.25) is 10.0 Å². The second-order valence-electron chi connectivity index (χ2n) is 4.43. The van der Waals surface area contributed by atoms with Crippen molar-refractivity contribution in [2.45, 2.75) is 0 Å². The van der Waals surface area contributed by atoms with Crippen LogP contribution in [0.4, 0.5) is 5.69 Å². The molecule has 0 aliphatic carbocycles. The average molecular weight is 333 g/mol. The molecule has 0 bridgehead atoms. The summed E-state index contributed by atoms with van der Waals surface area (Å²) in [5, 5.41) is 10.9. The second-order valence-corrected chi connectivity index (χ2v) is 5.27. The van der Waals surface area contributed by atoms with Crippen LogP contribution in [-0.4, -0.2) is 16.3 Å². The molecule has 0 saturated heterocycles. The lowest BCUT2D eigenvalue weighted by Crippen LogP contribution is -1.83. The van der Waals surface area contributed by atoms with Gasteiger partial charge < -0.3 is 9.52 Å². The highest BCUT2D eigenvalue weighted by molar-refractivity contribution is 6.33. The van der Waals surface area contributed by atoms with Gasteiger partial charge in [-0.1, -0.05) is 35.3 Å². The Balaban J connectivity index is 1.90. The summed E-state index contributed by atoms with van der Waals surface area (Å²) in [6.07, 6.45) is 1.40. The Morgan fingerprint density at radius 2 is 1.77 bits per heavy atom. The number of hydrogen-bond donors (Lipinski definition) is 1. The van der Waals surface area contributed by atoms with E-state index >= 15 is 0 Å². The molecule has 4 nitrogen and oxygen atoms in total. The van der Waals surface area contributed by atoms with Gasteiger partial charge in [0.1, 0.15) is 0 Å². The summed E-state index contributed by atoms with van der Waals surface area (Å²) in [4.78, 5) is 8.40. The quantitative estimate of drug-likeness (QED) is 0.678. The first-order valence-electron chi connectivity index (χ1n) is 6.38. The topological polar surface area (TPSA) is 58.6 Å². The Hall–Kier alpha value is -2.30. The van der Waals surface area contributed by atoms with Gasteiger partial charge in [0.2, 0.25) is 5.89 Å². The van der Waals surface area contributed by atoms with Gasteiger partial charge in [0.05, 0.1) is 16.9 Å². The lowest BCUT2D eigenvalue weighted by Gasteiger charge is -1.94. The van der Waals surface area contributed by atoms with Crippen LogP contribution >= 0.6 is 23.2 Å². The van der Waals surface area contributed by atoms with Gasteiger partial charge in [0.25, 0.3) is 0 Å². The van der Waals surface area contributed by atoms with Gasteiger partial charge in [-0.15, -0.1) is 0 Å². The Bertz CT molecular complexity index is 826. The molecule has 110 valence electrons. The summed E-state index contributed by atoms with van der Waals surface area (Å²) in [5.74, 6) is -0.0180. The molecule has 0 spiro atoms. The molecular weight excluding hydrogens is 323 g/mol. The smallest absolute Gasteiger partial charge is 0.312 e. The van der Waals surface area contributed by atoms with E-state index in [4.69, 9.17) is 27.6 Å². The van der Waals surface area contributed by atoms with Crippen LogP contribution < -0.4 is 0 Å². The van der Waals surface area contributed by atoms with E-state index in [9.17, 15) is 5.11 Å². The molecule has 0 saturated carbocycles. The standard InChI is InChI=1S/C16H10Cl2N2O2/c17-11-7-5-10(6-8-11)15-20-14(16(21)22-15)9-19-13-4-2-1-3-12(13)18/h1-9,21H. The van der Waals surface area contributed by atoms with Gasteiger partial charge >= 0.3 is 5.95 Å². The van der Waals surface area contributed by atoms with E-state index in [1.165, 1.54) is 6.21 Å². The highest BCUT2D eigenvalue weighted by Gasteiger charge is 2.12. The van der Waals surface area contributed by atoms with E-state index in [0.717, 1.165) is 0 Å². The number of oxazole rings is 1. The SMILES string of the molecule is Oc1oc(-c2ccc(Cl)cc2)nc1C=Nc1ccccc1Cl. The van der Waals surface area contributed by atoms with E-state index in [1.807, 2.05) is 12.1 Å². The maximum absolute atomic E-state index is 9.82. The third-order valence-electron chi connectivity index (χ3n) is 2.90. The summed E-state index contributed by atoms with van der Waals surface area (Å²) in [6, 6.07) is 14.1. The predicted octanol–water partition coefficient (Wildman–Crippen LogP) is 5.10. The van der Waals surface area contributed by atoms with Crippen LogP contribution in [0, 0.1) is 0 Å². The molecule has 0 unspecified atom stereocenters. The van der Waals surface area contributed by atoms with Crippen molar-refractivity contribution in [2.24, 2.45) is 4.99 Å². The number of halogens is 2. The van der Waals surface area contributed by atoms with Gasteiger partial charge in [-0.25, -0.2) is 4.98 Å². The number of aliphatic imine (C=N–C) groups is 1. The number of benzene rings is 2. The van der Waals surface area contributed by atoms with Crippen LogP contribution in [-0.2, 0) is 0 Å². The third kappa shape index (κ3) is 3.13. The Labute approximate surface area is 136 Å². The highest BCUT2D eigenvalue weighted by Crippen LogP contribution is 2.28. The molecule has 0 fully saturated rings. The van der Waals surface area contributed by atoms with Crippen molar-refractivity contribution >= 4 is 35.1 Å². The minimum atomic E-state index is -0.305. The number of aromatic hydroxyl groups is 1. The third-order valence-corrected chi connectivity index (χ3v) is 3.48. The fraction of sp³-hybridized carbons (Fsp3) is 0. The van der Waals surface area contributed by atoms with Crippen LogP contribution in [0.15, 0.2) is 57.9 Å². The molecule has 2 aromatic carbocycles. The van der Waals surface area contributed by atoms with E-state index in [2.05, 4.69) is 9.98 Å². The maximum atomic E-state index is 9.82. The van der Waals surface area contributed by atoms with Gasteiger partial charge in [0, 0.05) is 10.6 Å². The zero-order valence-corrected chi connectivity index (χ0v) is 12.7. The first-order valence-corrected chi connectivity index (χ1v) is 7.13. The van der Waals surface area contributed by atoms with Crippen molar-refractivity contribution in [3.63, 3.8) is 0 Å². The minimum Gasteiger partial charge on any atom is -0.479 e. The van der Waals surface area contributed by atoms with E-state index < -0.39 is 0 Å². The molecule has 0 aliphatic rings. The van der Waals surface area contributed by atoms with Crippen LogP contribution in [0.3, 0.4) is 0 Å². The molecule has 0 aliphatic heterocycles. The summed E-state index contributed by atoms with van der Waals surface area (Å²) < 4.78 is 5.24. The number of aromatic nitrogens is 1. The Morgan fingerprint density at radius 1 is 1.05 bits per heavy atom. The fourth-order valence-electron chi connectivity index (χ4n) is 1.81. The van der Waals surface area contributed by atoms with Crippen LogP contribution in [0.5, 0.6) is 5.95 Å². The molecule has 3 aromatic rings. The zero-order chi connectivity index (χ0) is 15.5. The van der Waals surface area contributed by atoms with Gasteiger partial charge in [-0.3, -0.25) is 4.99 Å². The first-order chi connectivity index (χ1) is 10.6. The van der Waals surface area contributed by atoms with E-state index in [1.54, 1.807) is 36.4 Å². The molecule has 0 amide bonds.